The lowest BCUT2D eigenvalue weighted by Gasteiger charge is -2.09. The number of benzene rings is 1. The minimum absolute atomic E-state index is 0.159. The lowest BCUT2D eigenvalue weighted by atomic mass is 10.2. The molecular weight excluding hydrogens is 278 g/mol. The van der Waals surface area contributed by atoms with Crippen LogP contribution in [0.5, 0.6) is 0 Å². The highest BCUT2D eigenvalue weighted by Gasteiger charge is 2.20. The van der Waals surface area contributed by atoms with Crippen LogP contribution in [0.15, 0.2) is 24.3 Å². The van der Waals surface area contributed by atoms with E-state index in [0.29, 0.717) is 23.8 Å². The molecular formula is C14H16ClN3O2. The molecule has 2 rings (SSSR count). The lowest BCUT2D eigenvalue weighted by molar-refractivity contribution is 0.0595. The van der Waals surface area contributed by atoms with E-state index in [9.17, 15) is 4.79 Å². The molecule has 0 bridgehead atoms. The third-order valence-electron chi connectivity index (χ3n) is 3.01. The summed E-state index contributed by atoms with van der Waals surface area (Å²) in [4.78, 5) is 15.9. The molecule has 0 saturated carbocycles. The van der Waals surface area contributed by atoms with Gasteiger partial charge < -0.3 is 15.0 Å². The average molecular weight is 294 g/mol. The second-order valence-corrected chi connectivity index (χ2v) is 4.76. The highest BCUT2D eigenvalue weighted by Crippen LogP contribution is 2.19. The third-order valence-corrected chi connectivity index (χ3v) is 3.25. The van der Waals surface area contributed by atoms with Gasteiger partial charge in [0.25, 0.3) is 0 Å². The van der Waals surface area contributed by atoms with E-state index in [0.717, 1.165) is 11.4 Å². The van der Waals surface area contributed by atoms with Gasteiger partial charge >= 0.3 is 5.97 Å². The minimum atomic E-state index is -0.526. The smallest absolute Gasteiger partial charge is 0.360 e. The molecule has 1 aromatic carbocycles. The Hall–Kier alpha value is -2.01. The molecule has 106 valence electrons. The summed E-state index contributed by atoms with van der Waals surface area (Å²) in [5.74, 6) is 0.526. The first-order chi connectivity index (χ1) is 9.56. The number of methoxy groups -OCH3 is 1. The maximum atomic E-state index is 11.6. The van der Waals surface area contributed by atoms with Crippen LogP contribution in [0.3, 0.4) is 0 Å². The summed E-state index contributed by atoms with van der Waals surface area (Å²) in [5.41, 5.74) is 7.16. The molecule has 20 heavy (non-hydrogen) atoms. The van der Waals surface area contributed by atoms with E-state index in [1.807, 2.05) is 31.2 Å². The molecule has 0 radical (unpaired) electrons. The van der Waals surface area contributed by atoms with Crippen LogP contribution in [0.4, 0.5) is 5.82 Å². The Kier molecular flexibility index (Phi) is 4.29. The maximum Gasteiger partial charge on any atom is 0.360 e. The molecule has 0 fully saturated rings. The number of aryl methyl sites for hydroxylation is 1. The van der Waals surface area contributed by atoms with Gasteiger partial charge in [0.15, 0.2) is 5.69 Å². The number of carbonyl (C=O) groups is 1. The summed E-state index contributed by atoms with van der Waals surface area (Å²) in [6, 6.07) is 7.49. The van der Waals surface area contributed by atoms with E-state index in [4.69, 9.17) is 17.3 Å². The van der Waals surface area contributed by atoms with Crippen LogP contribution < -0.4 is 5.73 Å². The Morgan fingerprint density at radius 1 is 1.50 bits per heavy atom. The molecule has 0 amide bonds. The van der Waals surface area contributed by atoms with Gasteiger partial charge in [0.05, 0.1) is 13.7 Å². The molecule has 0 atom stereocenters. The number of esters is 1. The van der Waals surface area contributed by atoms with E-state index in [1.54, 1.807) is 4.57 Å². The normalized spacial score (nSPS) is 10.6. The second kappa shape index (κ2) is 5.96. The molecule has 1 aromatic heterocycles. The summed E-state index contributed by atoms with van der Waals surface area (Å²) < 4.78 is 6.49. The van der Waals surface area contributed by atoms with Gasteiger partial charge in [-0.3, -0.25) is 0 Å². The molecule has 1 heterocycles. The molecule has 0 aliphatic carbocycles. The van der Waals surface area contributed by atoms with E-state index in [-0.39, 0.29) is 5.69 Å². The van der Waals surface area contributed by atoms with Crippen molar-refractivity contribution in [2.45, 2.75) is 19.9 Å². The van der Waals surface area contributed by atoms with Crippen molar-refractivity contribution in [3.05, 3.63) is 46.4 Å². The number of imidazole rings is 1. The van der Waals surface area contributed by atoms with Crippen LogP contribution in [0.25, 0.3) is 0 Å². The van der Waals surface area contributed by atoms with Crippen molar-refractivity contribution in [2.24, 2.45) is 0 Å². The number of carbonyl (C=O) groups excluding carboxylic acids is 1. The fourth-order valence-electron chi connectivity index (χ4n) is 2.02. The van der Waals surface area contributed by atoms with Crippen molar-refractivity contribution in [1.29, 1.82) is 0 Å². The standard InChI is InChI=1S/C14H16ClN3O2/c1-3-11-17-12(14(19)20-2)13(16)18(11)8-9-5-4-6-10(15)7-9/h4-7H,3,8,16H2,1-2H3. The number of hydrogen-bond acceptors (Lipinski definition) is 4. The Morgan fingerprint density at radius 3 is 2.85 bits per heavy atom. The number of halogens is 1. The van der Waals surface area contributed by atoms with Gasteiger partial charge in [-0.2, -0.15) is 0 Å². The first-order valence-electron chi connectivity index (χ1n) is 6.24. The van der Waals surface area contributed by atoms with Crippen molar-refractivity contribution in [1.82, 2.24) is 9.55 Å². The molecule has 0 unspecified atom stereocenters. The third kappa shape index (κ3) is 2.77. The quantitative estimate of drug-likeness (QED) is 0.879. The molecule has 2 aromatic rings. The largest absolute Gasteiger partial charge is 0.464 e. The van der Waals surface area contributed by atoms with E-state index >= 15 is 0 Å². The predicted octanol–water partition coefficient (Wildman–Crippen LogP) is 2.52. The number of hydrogen-bond donors (Lipinski definition) is 1. The number of rotatable bonds is 4. The number of nitrogens with two attached hydrogens (primary N) is 1. The molecule has 6 heteroatoms. The van der Waals surface area contributed by atoms with Gasteiger partial charge in [0.2, 0.25) is 0 Å². The number of nitrogen functional groups attached to an aromatic ring is 1. The summed E-state index contributed by atoms with van der Waals surface area (Å²) in [7, 11) is 1.31. The lowest BCUT2D eigenvalue weighted by Crippen LogP contribution is -2.10. The summed E-state index contributed by atoms with van der Waals surface area (Å²) >= 11 is 5.97. The van der Waals surface area contributed by atoms with Crippen LogP contribution in [0.2, 0.25) is 5.02 Å². The fourth-order valence-corrected chi connectivity index (χ4v) is 2.24. The Labute approximate surface area is 122 Å². The highest BCUT2D eigenvalue weighted by molar-refractivity contribution is 6.30. The van der Waals surface area contributed by atoms with Crippen molar-refractivity contribution in [3.63, 3.8) is 0 Å². The van der Waals surface area contributed by atoms with E-state index < -0.39 is 5.97 Å². The van der Waals surface area contributed by atoms with Gasteiger partial charge in [-0.25, -0.2) is 9.78 Å². The van der Waals surface area contributed by atoms with Crippen LogP contribution in [0.1, 0.15) is 28.8 Å². The molecule has 0 aliphatic rings. The second-order valence-electron chi connectivity index (χ2n) is 4.32. The van der Waals surface area contributed by atoms with E-state index in [1.165, 1.54) is 7.11 Å². The maximum absolute atomic E-state index is 11.6. The number of nitrogens with zero attached hydrogens (tertiary/aromatic N) is 2. The number of aromatic nitrogens is 2. The SMILES string of the molecule is CCc1nc(C(=O)OC)c(N)n1Cc1cccc(Cl)c1. The van der Waals surface area contributed by atoms with Crippen LogP contribution in [-0.4, -0.2) is 22.6 Å². The summed E-state index contributed by atoms with van der Waals surface area (Å²) in [6.07, 6.45) is 0.668. The van der Waals surface area contributed by atoms with E-state index in [2.05, 4.69) is 9.72 Å². The molecule has 5 nitrogen and oxygen atoms in total. The number of ether oxygens (including phenoxy) is 1. The Morgan fingerprint density at radius 2 is 2.25 bits per heavy atom. The van der Waals surface area contributed by atoms with Gasteiger partial charge in [0.1, 0.15) is 11.6 Å². The fraction of sp³-hybridized carbons (Fsp3) is 0.286. The van der Waals surface area contributed by atoms with Crippen LogP contribution >= 0.6 is 11.6 Å². The first kappa shape index (κ1) is 14.4. The van der Waals surface area contributed by atoms with Crippen LogP contribution in [0, 0.1) is 0 Å². The summed E-state index contributed by atoms with van der Waals surface area (Å²) in [5, 5.41) is 0.660. The Balaban J connectivity index is 2.40. The summed E-state index contributed by atoms with van der Waals surface area (Å²) in [6.45, 7) is 2.47. The zero-order valence-corrected chi connectivity index (χ0v) is 12.1. The monoisotopic (exact) mass is 293 g/mol. The van der Waals surface area contributed by atoms with Gasteiger partial charge in [-0.1, -0.05) is 30.7 Å². The van der Waals surface area contributed by atoms with Gasteiger partial charge in [-0.15, -0.1) is 0 Å². The topological polar surface area (TPSA) is 70.1 Å². The number of anilines is 1. The van der Waals surface area contributed by atoms with Gasteiger partial charge in [-0.05, 0) is 17.7 Å². The van der Waals surface area contributed by atoms with Crippen molar-refractivity contribution in [2.75, 3.05) is 12.8 Å². The predicted molar refractivity (Wildman–Crippen MR) is 77.9 cm³/mol. The Bertz CT molecular complexity index is 637. The molecule has 0 aliphatic heterocycles. The highest BCUT2D eigenvalue weighted by atomic mass is 35.5. The van der Waals surface area contributed by atoms with Crippen molar-refractivity contribution < 1.29 is 9.53 Å². The minimum Gasteiger partial charge on any atom is -0.464 e. The average Bonchev–Trinajstić information content (AvgIpc) is 2.75. The molecule has 0 saturated heterocycles. The first-order valence-corrected chi connectivity index (χ1v) is 6.62. The van der Waals surface area contributed by atoms with Gasteiger partial charge in [0, 0.05) is 11.4 Å². The zero-order chi connectivity index (χ0) is 14.7. The van der Waals surface area contributed by atoms with Crippen molar-refractivity contribution in [3.8, 4) is 0 Å². The molecule has 2 N–H and O–H groups in total. The van der Waals surface area contributed by atoms with Crippen molar-refractivity contribution >= 4 is 23.4 Å². The molecule has 0 spiro atoms. The van der Waals surface area contributed by atoms with Crippen LogP contribution in [-0.2, 0) is 17.7 Å². The zero-order valence-electron chi connectivity index (χ0n) is 11.4.